The number of imide groups is 1. The van der Waals surface area contributed by atoms with Crippen LogP contribution >= 0.6 is 0 Å². The maximum absolute atomic E-state index is 10.1. The van der Waals surface area contributed by atoms with Crippen LogP contribution in [0.4, 0.5) is 4.79 Å². The molecular formula is C4HN2O2+. The van der Waals surface area contributed by atoms with Crippen LogP contribution in [0.5, 0.6) is 0 Å². The van der Waals surface area contributed by atoms with Gasteiger partial charge in [-0.15, -0.1) is 0 Å². The molecule has 8 heavy (non-hydrogen) atoms. The van der Waals surface area contributed by atoms with E-state index in [1.807, 2.05) is 17.3 Å². The average Bonchev–Trinajstić information content (AvgIpc) is 1.64. The Labute approximate surface area is 44.9 Å². The monoisotopic (exact) mass is 109 g/mol. The van der Waals surface area contributed by atoms with Crippen LogP contribution in [0.1, 0.15) is 0 Å². The minimum Gasteiger partial charge on any atom is -0.245 e. The van der Waals surface area contributed by atoms with Gasteiger partial charge >= 0.3 is 23.9 Å². The number of rotatable bonds is 0. The van der Waals surface area contributed by atoms with Crippen LogP contribution in [0.25, 0.3) is 0 Å². The lowest BCUT2D eigenvalue weighted by Crippen LogP contribution is -2.28. The van der Waals surface area contributed by atoms with Gasteiger partial charge < -0.3 is 0 Å². The predicted octanol–water partition coefficient (Wildman–Crippen LogP) is -0.735. The second-order valence-electron chi connectivity index (χ2n) is 1.11. The molecule has 0 saturated carbocycles. The summed E-state index contributed by atoms with van der Waals surface area (Å²) in [5, 5.41) is 1.86. The summed E-state index contributed by atoms with van der Waals surface area (Å²) in [7, 11) is 0. The largest absolute Gasteiger partial charge is 0.510 e. The molecule has 1 heterocycles. The second-order valence-corrected chi connectivity index (χ2v) is 1.11. The summed E-state index contributed by atoms with van der Waals surface area (Å²) >= 11 is 0. The molecule has 0 radical (unpaired) electrons. The molecule has 4 nitrogen and oxygen atoms in total. The summed E-state index contributed by atoms with van der Waals surface area (Å²) in [4.78, 5) is 23.2. The molecule has 1 N–H and O–H groups in total. The van der Waals surface area contributed by atoms with E-state index in [0.29, 0.717) is 0 Å². The van der Waals surface area contributed by atoms with Crippen LogP contribution < -0.4 is 5.32 Å². The predicted molar refractivity (Wildman–Crippen MR) is 24.2 cm³/mol. The first-order valence-electron chi connectivity index (χ1n) is 1.86. The van der Waals surface area contributed by atoms with Gasteiger partial charge in [-0.1, -0.05) is 4.99 Å². The molecule has 1 aliphatic rings. The fourth-order valence-corrected chi connectivity index (χ4v) is 0.286. The molecule has 0 aliphatic carbocycles. The van der Waals surface area contributed by atoms with Gasteiger partial charge in [0.15, 0.2) is 0 Å². The van der Waals surface area contributed by atoms with Crippen LogP contribution in [-0.2, 0) is 4.79 Å². The second kappa shape index (κ2) is 1.54. The zero-order chi connectivity index (χ0) is 5.98. The number of nitrogens with one attached hydrogen (secondary N) is 1. The number of nitrogens with zero attached hydrogens (tertiary/aromatic N) is 1. The molecule has 38 valence electrons. The first-order chi connectivity index (χ1) is 3.79. The van der Waals surface area contributed by atoms with Crippen LogP contribution in [0.15, 0.2) is 4.99 Å². The molecule has 1 rings (SSSR count). The Morgan fingerprint density at radius 3 is 2.75 bits per heavy atom. The zero-order valence-corrected chi connectivity index (χ0v) is 3.76. The summed E-state index contributed by atoms with van der Waals surface area (Å²) in [6.07, 6.45) is 2.02. The van der Waals surface area contributed by atoms with Gasteiger partial charge in [-0.25, -0.2) is 14.9 Å². The summed E-state index contributed by atoms with van der Waals surface area (Å²) < 4.78 is 0. The molecule has 0 aromatic heterocycles. The van der Waals surface area contributed by atoms with Crippen molar-refractivity contribution in [2.24, 2.45) is 4.99 Å². The molecular weight excluding hydrogens is 108 g/mol. The standard InChI is InChI=1S/C4N2O2/c7-3-1-2-5-4(8)6-3/p+1. The maximum atomic E-state index is 10.1. The number of carbonyl (C=O) groups is 2. The highest BCUT2D eigenvalue weighted by atomic mass is 16.2. The average molecular weight is 109 g/mol. The van der Waals surface area contributed by atoms with Crippen LogP contribution in [0.3, 0.4) is 0 Å². The summed E-state index contributed by atoms with van der Waals surface area (Å²) in [6, 6.07) is -0.686. The van der Waals surface area contributed by atoms with E-state index in [9.17, 15) is 9.59 Å². The lowest BCUT2D eigenvalue weighted by Gasteiger charge is -1.82. The molecule has 0 atom stereocenters. The molecule has 0 unspecified atom stereocenters. The minimum absolute atomic E-state index is 0.593. The lowest BCUT2D eigenvalue weighted by atomic mass is 10.5. The van der Waals surface area contributed by atoms with Crippen molar-refractivity contribution in [3.05, 3.63) is 6.08 Å². The molecule has 0 spiro atoms. The number of carbonyl (C=O) groups excluding carboxylic acids is 2. The summed E-state index contributed by atoms with van der Waals surface area (Å²) in [5.74, 6) is 1.41. The zero-order valence-electron chi connectivity index (χ0n) is 3.76. The molecule has 3 amide bonds. The molecule has 0 aromatic rings. The van der Waals surface area contributed by atoms with Crippen molar-refractivity contribution in [3.63, 3.8) is 0 Å². The van der Waals surface area contributed by atoms with E-state index in [-0.39, 0.29) is 0 Å². The number of hydrogen-bond donors (Lipinski definition) is 1. The van der Waals surface area contributed by atoms with E-state index >= 15 is 0 Å². The minimum atomic E-state index is -0.686. The summed E-state index contributed by atoms with van der Waals surface area (Å²) in [5.41, 5.74) is 0. The van der Waals surface area contributed by atoms with Crippen molar-refractivity contribution in [3.8, 4) is 0 Å². The molecule has 0 aromatic carbocycles. The fourth-order valence-electron chi connectivity index (χ4n) is 0.286. The van der Waals surface area contributed by atoms with E-state index in [1.54, 1.807) is 0 Å². The van der Waals surface area contributed by atoms with Gasteiger partial charge in [-0.05, 0) is 0 Å². The first kappa shape index (κ1) is 4.65. The van der Waals surface area contributed by atoms with Gasteiger partial charge in [0.05, 0.1) is 0 Å². The molecule has 0 saturated heterocycles. The molecule has 1 aliphatic heterocycles. The van der Waals surface area contributed by atoms with Gasteiger partial charge in [-0.3, -0.25) is 0 Å². The number of aliphatic imine (C=N–C) groups is 1. The quantitative estimate of drug-likeness (QED) is 0.417. The number of urea groups is 1. The van der Waals surface area contributed by atoms with Crippen molar-refractivity contribution in [2.45, 2.75) is 0 Å². The van der Waals surface area contributed by atoms with Crippen molar-refractivity contribution in [2.75, 3.05) is 0 Å². The van der Waals surface area contributed by atoms with Crippen LogP contribution in [-0.4, -0.2) is 17.8 Å². The highest BCUT2D eigenvalue weighted by Crippen LogP contribution is 1.76. The first-order valence-corrected chi connectivity index (χ1v) is 1.86. The Balaban J connectivity index is 2.92. The highest BCUT2D eigenvalue weighted by Gasteiger charge is 2.19. The Kier molecular flexibility index (Phi) is 0.897. The van der Waals surface area contributed by atoms with E-state index in [4.69, 9.17) is 0 Å². The van der Waals surface area contributed by atoms with E-state index in [1.165, 1.54) is 0 Å². The number of amides is 3. The highest BCUT2D eigenvalue weighted by molar-refractivity contribution is 6.06. The molecule has 0 bridgehead atoms. The van der Waals surface area contributed by atoms with Crippen molar-refractivity contribution in [1.82, 2.24) is 5.32 Å². The Bertz CT molecular complexity index is 182. The van der Waals surface area contributed by atoms with Gasteiger partial charge in [0.25, 0.3) is 0 Å². The van der Waals surface area contributed by atoms with Crippen molar-refractivity contribution in [1.29, 1.82) is 0 Å². The van der Waals surface area contributed by atoms with Gasteiger partial charge in [-0.2, -0.15) is 0 Å². The van der Waals surface area contributed by atoms with E-state index in [2.05, 4.69) is 4.99 Å². The number of hydrogen-bond acceptors (Lipinski definition) is 2. The Morgan fingerprint density at radius 2 is 2.38 bits per heavy atom. The van der Waals surface area contributed by atoms with Crippen molar-refractivity contribution < 1.29 is 9.59 Å². The smallest absolute Gasteiger partial charge is 0.245 e. The SMILES string of the molecule is O=C1[C+]=C=NC(=O)N1. The Morgan fingerprint density at radius 1 is 1.62 bits per heavy atom. The molecule has 4 heteroatoms. The molecule has 0 fully saturated rings. The fraction of sp³-hybridized carbons (Fsp3) is 0. The normalized spacial score (nSPS) is 15.5. The van der Waals surface area contributed by atoms with Gasteiger partial charge in [0, 0.05) is 0 Å². The third kappa shape index (κ3) is 0.763. The van der Waals surface area contributed by atoms with Gasteiger partial charge in [0.1, 0.15) is 0 Å². The van der Waals surface area contributed by atoms with Crippen molar-refractivity contribution >= 4 is 17.8 Å². The summed E-state index contributed by atoms with van der Waals surface area (Å²) in [6.45, 7) is 0. The van der Waals surface area contributed by atoms with E-state index in [0.717, 1.165) is 0 Å². The van der Waals surface area contributed by atoms with Gasteiger partial charge in [0.2, 0.25) is 0 Å². The third-order valence-electron chi connectivity index (χ3n) is 0.547. The van der Waals surface area contributed by atoms with Crippen LogP contribution in [0, 0.1) is 6.08 Å². The van der Waals surface area contributed by atoms with E-state index < -0.39 is 11.9 Å². The van der Waals surface area contributed by atoms with Crippen LogP contribution in [0.2, 0.25) is 0 Å². The lowest BCUT2D eigenvalue weighted by molar-refractivity contribution is -0.116. The Hall–Kier alpha value is -1.50. The third-order valence-corrected chi connectivity index (χ3v) is 0.547. The topological polar surface area (TPSA) is 58.5 Å². The maximum Gasteiger partial charge on any atom is 0.510 e.